The van der Waals surface area contributed by atoms with Gasteiger partial charge in [-0.05, 0) is 42.0 Å². The Balaban J connectivity index is 1.48. The molecule has 0 aliphatic heterocycles. The van der Waals surface area contributed by atoms with Gasteiger partial charge in [0.25, 0.3) is 0 Å². The highest BCUT2D eigenvalue weighted by Gasteiger charge is 2.16. The van der Waals surface area contributed by atoms with E-state index in [0.717, 1.165) is 55.7 Å². The Morgan fingerprint density at radius 3 is 2.55 bits per heavy atom. The Bertz CT molecular complexity index is 1600. The molecule has 1 aromatic carbocycles. The van der Waals surface area contributed by atoms with Crippen LogP contribution in [0.25, 0.3) is 55.8 Å². The summed E-state index contributed by atoms with van der Waals surface area (Å²) < 4.78 is 0. The Morgan fingerprint density at radius 1 is 0.788 bits per heavy atom. The van der Waals surface area contributed by atoms with Crippen LogP contribution < -0.4 is 4.90 Å². The van der Waals surface area contributed by atoms with Crippen LogP contribution in [0.1, 0.15) is 0 Å². The minimum absolute atomic E-state index is 0.687. The van der Waals surface area contributed by atoms with Crippen molar-refractivity contribution in [2.45, 2.75) is 0 Å². The number of aromatic amines is 2. The molecular weight excluding hydrogens is 412 g/mol. The van der Waals surface area contributed by atoms with E-state index in [4.69, 9.17) is 4.98 Å². The summed E-state index contributed by atoms with van der Waals surface area (Å²) in [4.78, 5) is 23.5. The minimum atomic E-state index is 0.687. The van der Waals surface area contributed by atoms with E-state index in [1.165, 1.54) is 0 Å². The standard InChI is InChI=1S/C25H20N8/c1-33(2)18-10-17(13-27-14-18)15-5-6-20-19(11-15)23(32-31-20)25-29-21-7-9-28-22(24(21)30-25)16-4-3-8-26-12-16/h3-14H,1-2H3,(H,29,30)(H,31,32). The number of hydrogen-bond donors (Lipinski definition) is 2. The van der Waals surface area contributed by atoms with Crippen LogP contribution in [0.2, 0.25) is 0 Å². The molecule has 0 saturated heterocycles. The number of anilines is 1. The number of pyridine rings is 3. The monoisotopic (exact) mass is 432 g/mol. The average molecular weight is 432 g/mol. The SMILES string of the molecule is CN(C)c1cncc(-c2ccc3[nH]nc(-c4nc5c(-c6cccnc6)nccc5[nH]4)c3c2)c1. The molecule has 33 heavy (non-hydrogen) atoms. The maximum absolute atomic E-state index is 4.87. The zero-order valence-corrected chi connectivity index (χ0v) is 18.1. The molecule has 5 heterocycles. The Kier molecular flexibility index (Phi) is 4.36. The first-order chi connectivity index (χ1) is 16.2. The average Bonchev–Trinajstić information content (AvgIpc) is 3.48. The normalized spacial score (nSPS) is 11.3. The lowest BCUT2D eigenvalue weighted by atomic mass is 10.0. The number of fused-ring (bicyclic) bond motifs is 2. The molecule has 0 saturated carbocycles. The summed E-state index contributed by atoms with van der Waals surface area (Å²) >= 11 is 0. The van der Waals surface area contributed by atoms with E-state index in [2.05, 4.69) is 48.3 Å². The second kappa shape index (κ2) is 7.52. The maximum atomic E-state index is 4.87. The molecule has 0 aliphatic carbocycles. The van der Waals surface area contributed by atoms with Crippen molar-refractivity contribution in [2.24, 2.45) is 0 Å². The summed E-state index contributed by atoms with van der Waals surface area (Å²) in [6, 6.07) is 14.2. The number of hydrogen-bond acceptors (Lipinski definition) is 6. The van der Waals surface area contributed by atoms with E-state index in [0.29, 0.717) is 5.82 Å². The highest BCUT2D eigenvalue weighted by molar-refractivity contribution is 5.97. The van der Waals surface area contributed by atoms with Crippen LogP contribution in [0.15, 0.2) is 73.4 Å². The molecule has 0 radical (unpaired) electrons. The summed E-state index contributed by atoms with van der Waals surface area (Å²) in [5, 5.41) is 8.68. The first-order valence-electron chi connectivity index (χ1n) is 10.5. The summed E-state index contributed by atoms with van der Waals surface area (Å²) in [6.45, 7) is 0. The number of benzene rings is 1. The van der Waals surface area contributed by atoms with Crippen molar-refractivity contribution in [1.29, 1.82) is 0 Å². The van der Waals surface area contributed by atoms with Gasteiger partial charge in [0.05, 0.1) is 28.6 Å². The molecule has 0 aliphatic rings. The van der Waals surface area contributed by atoms with Gasteiger partial charge in [0, 0.05) is 55.4 Å². The number of nitrogens with one attached hydrogen (secondary N) is 2. The Hall–Kier alpha value is -4.59. The van der Waals surface area contributed by atoms with Crippen LogP contribution in [0.3, 0.4) is 0 Å². The van der Waals surface area contributed by atoms with Gasteiger partial charge in [-0.2, -0.15) is 5.10 Å². The van der Waals surface area contributed by atoms with Crippen LogP contribution in [-0.2, 0) is 0 Å². The highest BCUT2D eigenvalue weighted by Crippen LogP contribution is 2.32. The van der Waals surface area contributed by atoms with Crippen LogP contribution >= 0.6 is 0 Å². The van der Waals surface area contributed by atoms with E-state index in [-0.39, 0.29) is 0 Å². The van der Waals surface area contributed by atoms with Crippen molar-refractivity contribution in [2.75, 3.05) is 19.0 Å². The van der Waals surface area contributed by atoms with Crippen molar-refractivity contribution in [3.05, 3.63) is 73.4 Å². The van der Waals surface area contributed by atoms with E-state index in [1.54, 1.807) is 18.6 Å². The molecule has 6 aromatic rings. The third kappa shape index (κ3) is 3.28. The second-order valence-corrected chi connectivity index (χ2v) is 8.04. The maximum Gasteiger partial charge on any atom is 0.159 e. The van der Waals surface area contributed by atoms with Gasteiger partial charge in [0.15, 0.2) is 5.82 Å². The predicted molar refractivity (Wildman–Crippen MR) is 130 cm³/mol. The Labute approximate surface area is 189 Å². The van der Waals surface area contributed by atoms with E-state index >= 15 is 0 Å². The molecule has 0 spiro atoms. The van der Waals surface area contributed by atoms with Crippen LogP contribution in [0.5, 0.6) is 0 Å². The molecule has 0 bridgehead atoms. The molecule has 6 rings (SSSR count). The largest absolute Gasteiger partial charge is 0.376 e. The fraction of sp³-hybridized carbons (Fsp3) is 0.0800. The van der Waals surface area contributed by atoms with Gasteiger partial charge in [-0.25, -0.2) is 4.98 Å². The van der Waals surface area contributed by atoms with Crippen molar-refractivity contribution < 1.29 is 0 Å². The van der Waals surface area contributed by atoms with Crippen LogP contribution in [0.4, 0.5) is 5.69 Å². The minimum Gasteiger partial charge on any atom is -0.376 e. The smallest absolute Gasteiger partial charge is 0.159 e. The van der Waals surface area contributed by atoms with Gasteiger partial charge in [0.2, 0.25) is 0 Å². The molecule has 8 heteroatoms. The zero-order valence-electron chi connectivity index (χ0n) is 18.1. The lowest BCUT2D eigenvalue weighted by Crippen LogP contribution is -2.08. The third-order valence-electron chi connectivity index (χ3n) is 5.70. The van der Waals surface area contributed by atoms with E-state index < -0.39 is 0 Å². The third-order valence-corrected chi connectivity index (χ3v) is 5.70. The number of rotatable bonds is 4. The topological polar surface area (TPSA) is 99.3 Å². The lowest BCUT2D eigenvalue weighted by Gasteiger charge is -2.13. The van der Waals surface area contributed by atoms with Crippen molar-refractivity contribution in [1.82, 2.24) is 35.1 Å². The van der Waals surface area contributed by atoms with Gasteiger partial charge in [-0.3, -0.25) is 20.1 Å². The molecule has 0 fully saturated rings. The zero-order chi connectivity index (χ0) is 22.4. The highest BCUT2D eigenvalue weighted by atomic mass is 15.1. The molecule has 160 valence electrons. The van der Waals surface area contributed by atoms with Gasteiger partial charge in [-0.15, -0.1) is 0 Å². The molecule has 0 amide bonds. The van der Waals surface area contributed by atoms with Crippen LogP contribution in [0, 0.1) is 0 Å². The van der Waals surface area contributed by atoms with Crippen molar-refractivity contribution in [3.63, 3.8) is 0 Å². The summed E-state index contributed by atoms with van der Waals surface area (Å²) in [5.74, 6) is 0.687. The van der Waals surface area contributed by atoms with Gasteiger partial charge >= 0.3 is 0 Å². The summed E-state index contributed by atoms with van der Waals surface area (Å²) in [5.41, 5.74) is 8.25. The molecule has 0 atom stereocenters. The number of imidazole rings is 1. The molecule has 5 aromatic heterocycles. The van der Waals surface area contributed by atoms with Crippen molar-refractivity contribution >= 4 is 27.6 Å². The van der Waals surface area contributed by atoms with Crippen molar-refractivity contribution in [3.8, 4) is 33.9 Å². The Morgan fingerprint density at radius 2 is 1.70 bits per heavy atom. The molecular formula is C25H20N8. The fourth-order valence-corrected chi connectivity index (χ4v) is 3.97. The van der Waals surface area contributed by atoms with E-state index in [1.807, 2.05) is 55.7 Å². The number of aromatic nitrogens is 7. The summed E-state index contributed by atoms with van der Waals surface area (Å²) in [6.07, 6.45) is 9.05. The van der Waals surface area contributed by atoms with E-state index in [9.17, 15) is 0 Å². The number of nitrogens with zero attached hydrogens (tertiary/aromatic N) is 6. The van der Waals surface area contributed by atoms with Crippen LogP contribution in [-0.4, -0.2) is 49.2 Å². The number of H-pyrrole nitrogens is 2. The lowest BCUT2D eigenvalue weighted by molar-refractivity contribution is 1.11. The van der Waals surface area contributed by atoms with Gasteiger partial charge in [-0.1, -0.05) is 6.07 Å². The van der Waals surface area contributed by atoms with Gasteiger partial charge in [0.1, 0.15) is 11.2 Å². The first-order valence-corrected chi connectivity index (χ1v) is 10.5. The molecule has 8 nitrogen and oxygen atoms in total. The van der Waals surface area contributed by atoms with Gasteiger partial charge < -0.3 is 9.88 Å². The predicted octanol–water partition coefficient (Wildman–Crippen LogP) is 4.69. The first kappa shape index (κ1) is 19.1. The fourth-order valence-electron chi connectivity index (χ4n) is 3.97. The molecule has 2 N–H and O–H groups in total. The quantitative estimate of drug-likeness (QED) is 0.419. The summed E-state index contributed by atoms with van der Waals surface area (Å²) in [7, 11) is 4.02. The second-order valence-electron chi connectivity index (χ2n) is 8.04. The molecule has 0 unspecified atom stereocenters.